The molecule has 102 valence electrons. The van der Waals surface area contributed by atoms with Gasteiger partial charge < -0.3 is 11.1 Å². The first-order chi connectivity index (χ1) is 7.97. The number of benzene rings is 1. The van der Waals surface area contributed by atoms with Crippen LogP contribution in [0.2, 0.25) is 0 Å². The van der Waals surface area contributed by atoms with Gasteiger partial charge in [0, 0.05) is 5.69 Å². The molecular weight excluding hydrogens is 248 g/mol. The molecule has 4 heteroatoms. The van der Waals surface area contributed by atoms with E-state index >= 15 is 0 Å². The van der Waals surface area contributed by atoms with Gasteiger partial charge in [0.1, 0.15) is 0 Å². The Balaban J connectivity index is 0.00000289. The first-order valence-corrected chi connectivity index (χ1v) is 6.13. The highest BCUT2D eigenvalue weighted by Crippen LogP contribution is 2.27. The van der Waals surface area contributed by atoms with Gasteiger partial charge in [0.15, 0.2) is 0 Å². The molecule has 18 heavy (non-hydrogen) atoms. The van der Waals surface area contributed by atoms with Crippen LogP contribution in [0, 0.1) is 6.92 Å². The summed E-state index contributed by atoms with van der Waals surface area (Å²) in [7, 11) is 0. The zero-order valence-corrected chi connectivity index (χ0v) is 12.3. The van der Waals surface area contributed by atoms with Gasteiger partial charge >= 0.3 is 0 Å². The molecule has 0 aliphatic rings. The average Bonchev–Trinajstić information content (AvgIpc) is 2.30. The van der Waals surface area contributed by atoms with Crippen LogP contribution in [0.1, 0.15) is 44.2 Å². The fourth-order valence-corrected chi connectivity index (χ4v) is 1.74. The highest BCUT2D eigenvalue weighted by molar-refractivity contribution is 5.96. The minimum atomic E-state index is -0.436. The van der Waals surface area contributed by atoms with Gasteiger partial charge in [-0.1, -0.05) is 39.0 Å². The van der Waals surface area contributed by atoms with Crippen molar-refractivity contribution in [2.45, 2.75) is 46.1 Å². The van der Waals surface area contributed by atoms with Crippen LogP contribution < -0.4 is 11.1 Å². The lowest BCUT2D eigenvalue weighted by molar-refractivity contribution is -0.117. The summed E-state index contributed by atoms with van der Waals surface area (Å²) in [5.74, 6) is 0.270. The number of amides is 1. The number of aryl methyl sites for hydroxylation is 1. The molecule has 0 aliphatic heterocycles. The third-order valence-corrected chi connectivity index (χ3v) is 2.95. The smallest absolute Gasteiger partial charge is 0.241 e. The van der Waals surface area contributed by atoms with Gasteiger partial charge in [-0.15, -0.1) is 12.4 Å². The fraction of sp³-hybridized carbons (Fsp3) is 0.500. The number of hydrogen-bond donors (Lipinski definition) is 2. The van der Waals surface area contributed by atoms with Crippen LogP contribution in [-0.2, 0) is 4.79 Å². The second-order valence-corrected chi connectivity index (χ2v) is 4.70. The minimum absolute atomic E-state index is 0. The molecule has 0 spiro atoms. The van der Waals surface area contributed by atoms with E-state index < -0.39 is 6.04 Å². The summed E-state index contributed by atoms with van der Waals surface area (Å²) in [6.45, 7) is 8.14. The average molecular weight is 271 g/mol. The molecule has 0 fully saturated rings. The SMILES string of the molecule is CC[C@H](N)C(=O)Nc1c(C)cccc1C(C)C.Cl. The van der Waals surface area contributed by atoms with Gasteiger partial charge in [0.2, 0.25) is 5.91 Å². The van der Waals surface area contributed by atoms with Gasteiger partial charge in [-0.3, -0.25) is 4.79 Å². The normalized spacial score (nSPS) is 11.9. The van der Waals surface area contributed by atoms with Crippen LogP contribution in [-0.4, -0.2) is 11.9 Å². The molecule has 3 N–H and O–H groups in total. The second kappa shape index (κ2) is 7.39. The lowest BCUT2D eigenvalue weighted by atomic mass is 9.98. The molecule has 0 aliphatic carbocycles. The Bertz CT molecular complexity index is 405. The van der Waals surface area contributed by atoms with E-state index in [9.17, 15) is 4.79 Å². The maximum atomic E-state index is 11.8. The first kappa shape index (κ1) is 16.9. The largest absolute Gasteiger partial charge is 0.324 e. The molecule has 0 saturated heterocycles. The lowest BCUT2D eigenvalue weighted by Gasteiger charge is -2.18. The van der Waals surface area contributed by atoms with Crippen molar-refractivity contribution in [1.29, 1.82) is 0 Å². The zero-order chi connectivity index (χ0) is 13.0. The van der Waals surface area contributed by atoms with Gasteiger partial charge in [-0.05, 0) is 30.4 Å². The summed E-state index contributed by atoms with van der Waals surface area (Å²) in [6, 6.07) is 5.62. The Morgan fingerprint density at radius 1 is 1.39 bits per heavy atom. The molecule has 0 heterocycles. The standard InChI is InChI=1S/C14H22N2O.ClH/c1-5-12(15)14(17)16-13-10(4)7-6-8-11(13)9(2)3;/h6-9,12H,5,15H2,1-4H3,(H,16,17);1H/t12-;/m0./s1. The van der Waals surface area contributed by atoms with Crippen molar-refractivity contribution in [2.24, 2.45) is 5.73 Å². The van der Waals surface area contributed by atoms with E-state index in [1.807, 2.05) is 32.0 Å². The predicted molar refractivity (Wildman–Crippen MR) is 79.4 cm³/mol. The summed E-state index contributed by atoms with van der Waals surface area (Å²) in [6.07, 6.45) is 0.648. The number of nitrogens with two attached hydrogens (primary N) is 1. The van der Waals surface area contributed by atoms with E-state index in [4.69, 9.17) is 5.73 Å². The van der Waals surface area contributed by atoms with Crippen molar-refractivity contribution in [1.82, 2.24) is 0 Å². The van der Waals surface area contributed by atoms with Crippen molar-refractivity contribution in [3.05, 3.63) is 29.3 Å². The molecule has 0 bridgehead atoms. The minimum Gasteiger partial charge on any atom is -0.324 e. The Kier molecular flexibility index (Phi) is 6.96. The molecule has 0 saturated carbocycles. The number of carbonyl (C=O) groups is 1. The zero-order valence-electron chi connectivity index (χ0n) is 11.5. The number of anilines is 1. The maximum Gasteiger partial charge on any atom is 0.241 e. The quantitative estimate of drug-likeness (QED) is 0.883. The van der Waals surface area contributed by atoms with Gasteiger partial charge in [0.25, 0.3) is 0 Å². The number of rotatable bonds is 4. The van der Waals surface area contributed by atoms with E-state index in [-0.39, 0.29) is 18.3 Å². The molecule has 0 aromatic heterocycles. The van der Waals surface area contributed by atoms with E-state index in [2.05, 4.69) is 19.2 Å². The van der Waals surface area contributed by atoms with Gasteiger partial charge in [0.05, 0.1) is 6.04 Å². The monoisotopic (exact) mass is 270 g/mol. The first-order valence-electron chi connectivity index (χ1n) is 6.13. The van der Waals surface area contributed by atoms with E-state index in [0.29, 0.717) is 12.3 Å². The van der Waals surface area contributed by atoms with Gasteiger partial charge in [-0.25, -0.2) is 0 Å². The Morgan fingerprint density at radius 2 is 2.00 bits per heavy atom. The molecule has 0 unspecified atom stereocenters. The van der Waals surface area contributed by atoms with E-state index in [1.165, 1.54) is 0 Å². The summed E-state index contributed by atoms with van der Waals surface area (Å²) >= 11 is 0. The molecule has 1 rings (SSSR count). The van der Waals surface area contributed by atoms with Crippen molar-refractivity contribution in [3.8, 4) is 0 Å². The summed E-state index contributed by atoms with van der Waals surface area (Å²) in [5, 5.41) is 2.95. The Morgan fingerprint density at radius 3 is 2.50 bits per heavy atom. The number of halogens is 1. The van der Waals surface area contributed by atoms with Crippen LogP contribution in [0.15, 0.2) is 18.2 Å². The number of carbonyl (C=O) groups excluding carboxylic acids is 1. The third-order valence-electron chi connectivity index (χ3n) is 2.95. The molecule has 1 aromatic rings. The molecule has 1 atom stereocenters. The van der Waals surface area contributed by atoms with Crippen LogP contribution in [0.25, 0.3) is 0 Å². The van der Waals surface area contributed by atoms with Crippen LogP contribution in [0.5, 0.6) is 0 Å². The number of nitrogens with one attached hydrogen (secondary N) is 1. The second-order valence-electron chi connectivity index (χ2n) is 4.70. The van der Waals surface area contributed by atoms with Crippen molar-refractivity contribution in [2.75, 3.05) is 5.32 Å². The van der Waals surface area contributed by atoms with Gasteiger partial charge in [-0.2, -0.15) is 0 Å². The highest BCUT2D eigenvalue weighted by Gasteiger charge is 2.15. The predicted octanol–water partition coefficient (Wildman–Crippen LogP) is 3.22. The summed E-state index contributed by atoms with van der Waals surface area (Å²) in [4.78, 5) is 11.8. The molecule has 3 nitrogen and oxygen atoms in total. The van der Waals surface area contributed by atoms with E-state index in [0.717, 1.165) is 16.8 Å². The molecule has 1 aromatic carbocycles. The Hall–Kier alpha value is -1.06. The lowest BCUT2D eigenvalue weighted by Crippen LogP contribution is -2.35. The summed E-state index contributed by atoms with van der Waals surface area (Å²) < 4.78 is 0. The Labute approximate surface area is 116 Å². The van der Waals surface area contributed by atoms with Crippen molar-refractivity contribution in [3.63, 3.8) is 0 Å². The van der Waals surface area contributed by atoms with E-state index in [1.54, 1.807) is 0 Å². The van der Waals surface area contributed by atoms with Crippen molar-refractivity contribution >= 4 is 24.0 Å². The number of para-hydroxylation sites is 1. The maximum absolute atomic E-state index is 11.8. The molecule has 1 amide bonds. The summed E-state index contributed by atoms with van der Waals surface area (Å²) in [5.41, 5.74) is 8.87. The van der Waals surface area contributed by atoms with Crippen LogP contribution in [0.4, 0.5) is 5.69 Å². The molecule has 0 radical (unpaired) electrons. The molecular formula is C14H23ClN2O. The topological polar surface area (TPSA) is 55.1 Å². The fourth-order valence-electron chi connectivity index (χ4n) is 1.74. The highest BCUT2D eigenvalue weighted by atomic mass is 35.5. The van der Waals surface area contributed by atoms with Crippen LogP contribution >= 0.6 is 12.4 Å². The number of hydrogen-bond acceptors (Lipinski definition) is 2. The third kappa shape index (κ3) is 4.00. The van der Waals surface area contributed by atoms with Crippen molar-refractivity contribution < 1.29 is 4.79 Å². The van der Waals surface area contributed by atoms with Crippen LogP contribution in [0.3, 0.4) is 0 Å².